The first-order valence-corrected chi connectivity index (χ1v) is 7.62. The fourth-order valence-corrected chi connectivity index (χ4v) is 2.57. The van der Waals surface area contributed by atoms with Gasteiger partial charge in [0.25, 0.3) is 0 Å². The molecule has 0 saturated carbocycles. The van der Waals surface area contributed by atoms with E-state index in [0.29, 0.717) is 12.1 Å². The van der Waals surface area contributed by atoms with Gasteiger partial charge in [-0.05, 0) is 29.7 Å². The molecule has 6 heteroatoms. The van der Waals surface area contributed by atoms with E-state index in [1.807, 2.05) is 13.8 Å². The van der Waals surface area contributed by atoms with Gasteiger partial charge in [-0.2, -0.15) is 0 Å². The van der Waals surface area contributed by atoms with E-state index in [2.05, 4.69) is 4.98 Å². The summed E-state index contributed by atoms with van der Waals surface area (Å²) < 4.78 is 13.2. The monoisotopic (exact) mass is 320 g/mol. The lowest BCUT2D eigenvalue weighted by molar-refractivity contribution is -0.138. The zero-order chi connectivity index (χ0) is 17.0. The molecule has 0 saturated heterocycles. The zero-order valence-corrected chi connectivity index (χ0v) is 13.3. The van der Waals surface area contributed by atoms with Crippen molar-refractivity contribution in [1.82, 2.24) is 9.88 Å². The largest absolute Gasteiger partial charge is 0.481 e. The Labute approximate surface area is 134 Å². The number of carboxylic acids is 1. The number of H-pyrrole nitrogens is 1. The molecule has 1 heterocycles. The first kappa shape index (κ1) is 17.0. The Morgan fingerprint density at radius 2 is 2.09 bits per heavy atom. The molecule has 0 radical (unpaired) electrons. The molecule has 0 aliphatic heterocycles. The van der Waals surface area contributed by atoms with Crippen LogP contribution in [0.25, 0.3) is 10.9 Å². The summed E-state index contributed by atoms with van der Waals surface area (Å²) >= 11 is 0. The van der Waals surface area contributed by atoms with Crippen molar-refractivity contribution >= 4 is 22.8 Å². The zero-order valence-electron chi connectivity index (χ0n) is 13.3. The summed E-state index contributed by atoms with van der Waals surface area (Å²) in [7, 11) is 0. The Kier molecular flexibility index (Phi) is 5.36. The predicted octanol–water partition coefficient (Wildman–Crippen LogP) is 2.81. The molecular weight excluding hydrogens is 299 g/mol. The quantitative estimate of drug-likeness (QED) is 0.824. The molecule has 2 rings (SSSR count). The summed E-state index contributed by atoms with van der Waals surface area (Å²) in [6.45, 7) is 4.68. The van der Waals surface area contributed by atoms with E-state index in [0.717, 1.165) is 10.9 Å². The number of hydrogen-bond acceptors (Lipinski definition) is 2. The molecule has 2 aromatic rings. The highest BCUT2D eigenvalue weighted by molar-refractivity contribution is 5.89. The highest BCUT2D eigenvalue weighted by atomic mass is 19.1. The molecule has 5 nitrogen and oxygen atoms in total. The van der Waals surface area contributed by atoms with Crippen molar-refractivity contribution in [2.24, 2.45) is 5.92 Å². The van der Waals surface area contributed by atoms with Crippen LogP contribution in [-0.4, -0.2) is 40.0 Å². The topological polar surface area (TPSA) is 73.4 Å². The Morgan fingerprint density at radius 1 is 1.35 bits per heavy atom. The van der Waals surface area contributed by atoms with Gasteiger partial charge >= 0.3 is 5.97 Å². The van der Waals surface area contributed by atoms with Crippen LogP contribution in [0.1, 0.15) is 25.8 Å². The summed E-state index contributed by atoms with van der Waals surface area (Å²) in [5, 5.41) is 9.63. The molecule has 1 aromatic heterocycles. The van der Waals surface area contributed by atoms with E-state index in [4.69, 9.17) is 5.11 Å². The lowest BCUT2D eigenvalue weighted by Gasteiger charge is -2.24. The summed E-state index contributed by atoms with van der Waals surface area (Å²) in [6, 6.07) is 4.40. The third kappa shape index (κ3) is 4.55. The summed E-state index contributed by atoms with van der Waals surface area (Å²) in [4.78, 5) is 27.8. The molecule has 0 aliphatic carbocycles. The highest BCUT2D eigenvalue weighted by Gasteiger charge is 2.18. The molecule has 2 N–H and O–H groups in total. The molecule has 124 valence electrons. The van der Waals surface area contributed by atoms with Gasteiger partial charge in [-0.1, -0.05) is 13.8 Å². The number of nitrogens with zero attached hydrogens (tertiary/aromatic N) is 1. The number of aromatic nitrogens is 1. The third-order valence-electron chi connectivity index (χ3n) is 3.60. The Bertz CT molecular complexity index is 709. The van der Waals surface area contributed by atoms with E-state index in [-0.39, 0.29) is 37.0 Å². The number of aliphatic carboxylic acids is 1. The van der Waals surface area contributed by atoms with Crippen molar-refractivity contribution in [3.05, 3.63) is 35.8 Å². The highest BCUT2D eigenvalue weighted by Crippen LogP contribution is 2.20. The maximum absolute atomic E-state index is 13.2. The predicted molar refractivity (Wildman–Crippen MR) is 85.6 cm³/mol. The maximum atomic E-state index is 13.2. The van der Waals surface area contributed by atoms with Crippen molar-refractivity contribution in [2.75, 3.05) is 13.1 Å². The van der Waals surface area contributed by atoms with E-state index >= 15 is 0 Å². The molecule has 1 aromatic carbocycles. The summed E-state index contributed by atoms with van der Waals surface area (Å²) in [5.74, 6) is -1.12. The standard InChI is InChI=1S/C17H21FN2O3/c1-11(2)10-20(6-5-17(22)23)16(21)7-12-9-19-15-8-13(18)3-4-14(12)15/h3-4,8-9,11,19H,5-7,10H2,1-2H3,(H,22,23). The molecule has 1 amide bonds. The minimum absolute atomic E-state index is 0.0719. The second-order valence-electron chi connectivity index (χ2n) is 6.06. The van der Waals surface area contributed by atoms with Gasteiger partial charge in [-0.15, -0.1) is 0 Å². The second-order valence-corrected chi connectivity index (χ2v) is 6.06. The number of carboxylic acid groups (broad SMARTS) is 1. The number of carbonyl (C=O) groups excluding carboxylic acids is 1. The average molecular weight is 320 g/mol. The van der Waals surface area contributed by atoms with Gasteiger partial charge in [0.05, 0.1) is 12.8 Å². The lowest BCUT2D eigenvalue weighted by Crippen LogP contribution is -2.36. The van der Waals surface area contributed by atoms with Crippen molar-refractivity contribution < 1.29 is 19.1 Å². The number of amides is 1. The fourth-order valence-electron chi connectivity index (χ4n) is 2.57. The number of rotatable bonds is 7. The van der Waals surface area contributed by atoms with E-state index in [9.17, 15) is 14.0 Å². The van der Waals surface area contributed by atoms with Crippen LogP contribution in [0, 0.1) is 11.7 Å². The first-order valence-electron chi connectivity index (χ1n) is 7.62. The van der Waals surface area contributed by atoms with Gasteiger partial charge in [0.2, 0.25) is 5.91 Å². The van der Waals surface area contributed by atoms with Crippen LogP contribution in [-0.2, 0) is 16.0 Å². The normalized spacial score (nSPS) is 11.1. The number of nitrogens with one attached hydrogen (secondary N) is 1. The minimum atomic E-state index is -0.922. The SMILES string of the molecule is CC(C)CN(CCC(=O)O)C(=O)Cc1c[nH]c2cc(F)ccc12. The summed E-state index contributed by atoms with van der Waals surface area (Å²) in [5.41, 5.74) is 1.43. The fraction of sp³-hybridized carbons (Fsp3) is 0.412. The Morgan fingerprint density at radius 3 is 2.74 bits per heavy atom. The van der Waals surface area contributed by atoms with Crippen LogP contribution in [0.3, 0.4) is 0 Å². The first-order chi connectivity index (χ1) is 10.9. The van der Waals surface area contributed by atoms with Gasteiger partial charge in [0.1, 0.15) is 5.82 Å². The second kappa shape index (κ2) is 7.26. The van der Waals surface area contributed by atoms with Crippen LogP contribution in [0.2, 0.25) is 0 Å². The number of hydrogen-bond donors (Lipinski definition) is 2. The van der Waals surface area contributed by atoms with Crippen molar-refractivity contribution in [3.63, 3.8) is 0 Å². The summed E-state index contributed by atoms with van der Waals surface area (Å²) in [6.07, 6.45) is 1.79. The van der Waals surface area contributed by atoms with Gasteiger partial charge in [-0.25, -0.2) is 4.39 Å². The molecule has 0 atom stereocenters. The molecule has 0 fully saturated rings. The molecule has 0 bridgehead atoms. The van der Waals surface area contributed by atoms with Gasteiger partial charge < -0.3 is 15.0 Å². The molecule has 0 aliphatic rings. The number of halogens is 1. The maximum Gasteiger partial charge on any atom is 0.305 e. The minimum Gasteiger partial charge on any atom is -0.481 e. The Hall–Kier alpha value is -2.37. The molecule has 23 heavy (non-hydrogen) atoms. The van der Waals surface area contributed by atoms with Gasteiger partial charge in [0.15, 0.2) is 0 Å². The number of benzene rings is 1. The lowest BCUT2D eigenvalue weighted by atomic mass is 10.1. The van der Waals surface area contributed by atoms with Crippen LogP contribution in [0.5, 0.6) is 0 Å². The molecular formula is C17H21FN2O3. The van der Waals surface area contributed by atoms with Crippen molar-refractivity contribution in [2.45, 2.75) is 26.7 Å². The van der Waals surface area contributed by atoms with Crippen LogP contribution in [0.4, 0.5) is 4.39 Å². The van der Waals surface area contributed by atoms with Crippen molar-refractivity contribution in [3.8, 4) is 0 Å². The van der Waals surface area contributed by atoms with Crippen LogP contribution >= 0.6 is 0 Å². The average Bonchev–Trinajstić information content (AvgIpc) is 2.85. The molecule has 0 unspecified atom stereocenters. The van der Waals surface area contributed by atoms with Crippen LogP contribution in [0.15, 0.2) is 24.4 Å². The number of aromatic amines is 1. The van der Waals surface area contributed by atoms with Gasteiger partial charge in [0, 0.05) is 30.2 Å². The third-order valence-corrected chi connectivity index (χ3v) is 3.60. The van der Waals surface area contributed by atoms with E-state index in [1.54, 1.807) is 17.2 Å². The van der Waals surface area contributed by atoms with Gasteiger partial charge in [-0.3, -0.25) is 9.59 Å². The van der Waals surface area contributed by atoms with Crippen molar-refractivity contribution in [1.29, 1.82) is 0 Å². The number of fused-ring (bicyclic) bond motifs is 1. The van der Waals surface area contributed by atoms with E-state index < -0.39 is 5.97 Å². The van der Waals surface area contributed by atoms with Crippen LogP contribution < -0.4 is 0 Å². The smallest absolute Gasteiger partial charge is 0.305 e. The molecule has 0 spiro atoms. The number of carbonyl (C=O) groups is 2. The van der Waals surface area contributed by atoms with E-state index in [1.165, 1.54) is 12.1 Å². The Balaban J connectivity index is 2.13.